The lowest BCUT2D eigenvalue weighted by atomic mass is 9.97. The Balaban J connectivity index is 2.02. The van der Waals surface area contributed by atoms with E-state index in [1.54, 1.807) is 0 Å². The summed E-state index contributed by atoms with van der Waals surface area (Å²) >= 11 is 0. The number of hydrogen-bond donors (Lipinski definition) is 1. The van der Waals surface area contributed by atoms with Crippen molar-refractivity contribution in [2.45, 2.75) is 38.8 Å². The van der Waals surface area contributed by atoms with Crippen molar-refractivity contribution in [2.75, 3.05) is 37.0 Å². The molecular formula is C16H27N3. The van der Waals surface area contributed by atoms with E-state index in [2.05, 4.69) is 67.3 Å². The second-order valence-electron chi connectivity index (χ2n) is 5.73. The minimum Gasteiger partial charge on any atom is -0.378 e. The van der Waals surface area contributed by atoms with Gasteiger partial charge in [0.2, 0.25) is 0 Å². The first kappa shape index (κ1) is 14.2. The average molecular weight is 261 g/mol. The summed E-state index contributed by atoms with van der Waals surface area (Å²) in [6.45, 7) is 6.76. The molecule has 0 aromatic heterocycles. The van der Waals surface area contributed by atoms with E-state index in [1.807, 2.05) is 0 Å². The largest absolute Gasteiger partial charge is 0.378 e. The topological polar surface area (TPSA) is 18.5 Å². The first-order valence-electron chi connectivity index (χ1n) is 7.39. The zero-order valence-corrected chi connectivity index (χ0v) is 12.7. The van der Waals surface area contributed by atoms with Crippen molar-refractivity contribution >= 4 is 11.4 Å². The van der Waals surface area contributed by atoms with Gasteiger partial charge in [0, 0.05) is 44.1 Å². The number of hydrogen-bond acceptors (Lipinski definition) is 3. The predicted molar refractivity (Wildman–Crippen MR) is 84.3 cm³/mol. The Morgan fingerprint density at radius 3 is 2.47 bits per heavy atom. The Labute approximate surface area is 117 Å². The van der Waals surface area contributed by atoms with Crippen LogP contribution in [0.15, 0.2) is 24.3 Å². The fourth-order valence-corrected chi connectivity index (χ4v) is 2.97. The van der Waals surface area contributed by atoms with Gasteiger partial charge in [-0.25, -0.2) is 0 Å². The molecule has 1 aromatic carbocycles. The standard InChI is InChI=1S/C16H27N3/c1-5-17-14-10-11-19(13(2)12-14)16-8-6-15(7-9-16)18(3)4/h6-9,13-14,17H,5,10-12H2,1-4H3. The Morgan fingerprint density at radius 2 is 1.95 bits per heavy atom. The highest BCUT2D eigenvalue weighted by molar-refractivity contribution is 5.56. The summed E-state index contributed by atoms with van der Waals surface area (Å²) in [6.07, 6.45) is 2.48. The maximum atomic E-state index is 3.58. The molecule has 1 N–H and O–H groups in total. The third-order valence-electron chi connectivity index (χ3n) is 4.07. The van der Waals surface area contributed by atoms with E-state index >= 15 is 0 Å². The van der Waals surface area contributed by atoms with Gasteiger partial charge in [0.15, 0.2) is 0 Å². The van der Waals surface area contributed by atoms with Gasteiger partial charge in [-0.3, -0.25) is 0 Å². The summed E-state index contributed by atoms with van der Waals surface area (Å²) in [6, 6.07) is 10.2. The smallest absolute Gasteiger partial charge is 0.0370 e. The van der Waals surface area contributed by atoms with Crippen LogP contribution in [0.25, 0.3) is 0 Å². The van der Waals surface area contributed by atoms with Gasteiger partial charge in [0.25, 0.3) is 0 Å². The highest BCUT2D eigenvalue weighted by Crippen LogP contribution is 2.26. The maximum absolute atomic E-state index is 3.58. The van der Waals surface area contributed by atoms with Gasteiger partial charge >= 0.3 is 0 Å². The molecule has 1 fully saturated rings. The number of benzene rings is 1. The molecule has 1 aromatic rings. The molecule has 106 valence electrons. The normalized spacial score (nSPS) is 23.5. The molecule has 0 amide bonds. The van der Waals surface area contributed by atoms with Crippen LogP contribution in [0.3, 0.4) is 0 Å². The summed E-state index contributed by atoms with van der Waals surface area (Å²) in [5, 5.41) is 3.58. The summed E-state index contributed by atoms with van der Waals surface area (Å²) in [4.78, 5) is 4.68. The summed E-state index contributed by atoms with van der Waals surface area (Å²) in [5.41, 5.74) is 2.62. The molecule has 2 atom stereocenters. The summed E-state index contributed by atoms with van der Waals surface area (Å²) in [5.74, 6) is 0. The maximum Gasteiger partial charge on any atom is 0.0370 e. The van der Waals surface area contributed by atoms with E-state index in [4.69, 9.17) is 0 Å². The van der Waals surface area contributed by atoms with Gasteiger partial charge in [-0.1, -0.05) is 6.92 Å². The van der Waals surface area contributed by atoms with Crippen molar-refractivity contribution in [2.24, 2.45) is 0 Å². The van der Waals surface area contributed by atoms with Gasteiger partial charge < -0.3 is 15.1 Å². The molecule has 0 saturated carbocycles. The minimum absolute atomic E-state index is 0.614. The van der Waals surface area contributed by atoms with Crippen LogP contribution < -0.4 is 15.1 Å². The van der Waals surface area contributed by atoms with Gasteiger partial charge in [0.05, 0.1) is 0 Å². The fraction of sp³-hybridized carbons (Fsp3) is 0.625. The number of anilines is 2. The van der Waals surface area contributed by atoms with Gasteiger partial charge in [0.1, 0.15) is 0 Å². The number of nitrogens with one attached hydrogen (secondary N) is 1. The second kappa shape index (κ2) is 6.29. The van der Waals surface area contributed by atoms with E-state index in [0.29, 0.717) is 12.1 Å². The molecule has 3 nitrogen and oxygen atoms in total. The van der Waals surface area contributed by atoms with Crippen LogP contribution >= 0.6 is 0 Å². The van der Waals surface area contributed by atoms with Crippen LogP contribution in [0, 0.1) is 0 Å². The Morgan fingerprint density at radius 1 is 1.26 bits per heavy atom. The molecule has 19 heavy (non-hydrogen) atoms. The molecular weight excluding hydrogens is 234 g/mol. The number of piperidine rings is 1. The Hall–Kier alpha value is -1.22. The SMILES string of the molecule is CCNC1CCN(c2ccc(N(C)C)cc2)C(C)C1. The van der Waals surface area contributed by atoms with E-state index in [-0.39, 0.29) is 0 Å². The molecule has 0 spiro atoms. The third-order valence-corrected chi connectivity index (χ3v) is 4.07. The lowest BCUT2D eigenvalue weighted by molar-refractivity contribution is 0.374. The average Bonchev–Trinajstić information content (AvgIpc) is 2.39. The second-order valence-corrected chi connectivity index (χ2v) is 5.73. The van der Waals surface area contributed by atoms with Crippen LogP contribution in [-0.4, -0.2) is 39.3 Å². The molecule has 0 aliphatic carbocycles. The van der Waals surface area contributed by atoms with E-state index in [1.165, 1.54) is 24.2 Å². The van der Waals surface area contributed by atoms with E-state index in [9.17, 15) is 0 Å². The molecule has 0 bridgehead atoms. The zero-order valence-electron chi connectivity index (χ0n) is 12.7. The van der Waals surface area contributed by atoms with Crippen molar-refractivity contribution in [3.8, 4) is 0 Å². The molecule has 1 heterocycles. The molecule has 1 aliphatic rings. The molecule has 2 unspecified atom stereocenters. The summed E-state index contributed by atoms with van der Waals surface area (Å²) < 4.78 is 0. The highest BCUT2D eigenvalue weighted by Gasteiger charge is 2.24. The van der Waals surface area contributed by atoms with Gasteiger partial charge in [-0.2, -0.15) is 0 Å². The summed E-state index contributed by atoms with van der Waals surface area (Å²) in [7, 11) is 4.17. The molecule has 1 aliphatic heterocycles. The van der Waals surface area contributed by atoms with Crippen molar-refractivity contribution in [3.05, 3.63) is 24.3 Å². The van der Waals surface area contributed by atoms with Crippen LogP contribution in [0.4, 0.5) is 11.4 Å². The Kier molecular flexibility index (Phi) is 4.70. The predicted octanol–water partition coefficient (Wildman–Crippen LogP) is 2.72. The lowest BCUT2D eigenvalue weighted by Crippen LogP contribution is -2.47. The van der Waals surface area contributed by atoms with Gasteiger partial charge in [-0.15, -0.1) is 0 Å². The van der Waals surface area contributed by atoms with E-state index < -0.39 is 0 Å². The first-order valence-corrected chi connectivity index (χ1v) is 7.39. The van der Waals surface area contributed by atoms with Crippen LogP contribution in [0.5, 0.6) is 0 Å². The minimum atomic E-state index is 0.614. The lowest BCUT2D eigenvalue weighted by Gasteiger charge is -2.39. The zero-order chi connectivity index (χ0) is 13.8. The monoisotopic (exact) mass is 261 g/mol. The molecule has 0 radical (unpaired) electrons. The van der Waals surface area contributed by atoms with E-state index in [0.717, 1.165) is 13.1 Å². The van der Waals surface area contributed by atoms with Crippen LogP contribution in [0.2, 0.25) is 0 Å². The van der Waals surface area contributed by atoms with Crippen LogP contribution in [-0.2, 0) is 0 Å². The number of nitrogens with zero attached hydrogens (tertiary/aromatic N) is 2. The quantitative estimate of drug-likeness (QED) is 0.899. The third kappa shape index (κ3) is 3.41. The number of rotatable bonds is 4. The molecule has 2 rings (SSSR count). The van der Waals surface area contributed by atoms with Crippen molar-refractivity contribution in [1.82, 2.24) is 5.32 Å². The fourth-order valence-electron chi connectivity index (χ4n) is 2.97. The van der Waals surface area contributed by atoms with Crippen molar-refractivity contribution in [3.63, 3.8) is 0 Å². The van der Waals surface area contributed by atoms with Crippen LogP contribution in [0.1, 0.15) is 26.7 Å². The van der Waals surface area contributed by atoms with Crippen molar-refractivity contribution in [1.29, 1.82) is 0 Å². The highest BCUT2D eigenvalue weighted by atomic mass is 15.2. The molecule has 3 heteroatoms. The van der Waals surface area contributed by atoms with Crippen molar-refractivity contribution < 1.29 is 0 Å². The molecule has 1 saturated heterocycles. The Bertz CT molecular complexity index is 385. The van der Waals surface area contributed by atoms with Gasteiger partial charge in [-0.05, 0) is 50.6 Å². The first-order chi connectivity index (χ1) is 9.11.